The second-order valence-corrected chi connectivity index (χ2v) is 10.3. The highest BCUT2D eigenvalue weighted by Crippen LogP contribution is 2.28. The largest absolute Gasteiger partial charge is 0.598 e. The van der Waals surface area contributed by atoms with Crippen molar-refractivity contribution in [2.75, 3.05) is 6.54 Å². The van der Waals surface area contributed by atoms with E-state index in [-0.39, 0.29) is 6.54 Å². The molecular formula is C16H32F3N3O3S. The summed E-state index contributed by atoms with van der Waals surface area (Å²) >= 11 is -1.89. The lowest BCUT2D eigenvalue weighted by Gasteiger charge is -2.32. The SMILES string of the molecule is C[C@@H](NC(=O)OC(C)(C)C)[C@H](CN)CC(N[S+]([O-])C(C)(C)C)C(F)(F)F. The van der Waals surface area contributed by atoms with Crippen molar-refractivity contribution < 1.29 is 27.3 Å². The number of hydrogen-bond donors (Lipinski definition) is 3. The standard InChI is InChI=1S/C16H32F3N3O3S/c1-10(21-13(23)25-14(2,3)4)11(9-20)8-12(16(17,18)19)22-26(24)15(5,6)7/h10-12,22H,8-9,20H2,1-7H3,(H,21,23)/t10-,11+,12?,26?/m1/s1. The van der Waals surface area contributed by atoms with E-state index in [2.05, 4.69) is 10.0 Å². The predicted molar refractivity (Wildman–Crippen MR) is 96.9 cm³/mol. The lowest BCUT2D eigenvalue weighted by Crippen LogP contribution is -2.53. The molecule has 4 N–H and O–H groups in total. The molecule has 0 saturated carbocycles. The molecule has 0 saturated heterocycles. The molecule has 0 aliphatic rings. The number of nitrogens with one attached hydrogen (secondary N) is 2. The minimum Gasteiger partial charge on any atom is -0.598 e. The Morgan fingerprint density at radius 2 is 1.69 bits per heavy atom. The first-order valence-electron chi connectivity index (χ1n) is 8.41. The smallest absolute Gasteiger partial charge is 0.408 e. The van der Waals surface area contributed by atoms with Crippen molar-refractivity contribution in [3.63, 3.8) is 0 Å². The molecule has 0 aliphatic carbocycles. The lowest BCUT2D eigenvalue weighted by atomic mass is 9.93. The van der Waals surface area contributed by atoms with Crippen molar-refractivity contribution in [2.24, 2.45) is 11.7 Å². The van der Waals surface area contributed by atoms with Gasteiger partial charge in [0.15, 0.2) is 0 Å². The van der Waals surface area contributed by atoms with Crippen LogP contribution in [0.1, 0.15) is 54.9 Å². The van der Waals surface area contributed by atoms with Crippen LogP contribution in [0.4, 0.5) is 18.0 Å². The Hall–Kier alpha value is -0.710. The van der Waals surface area contributed by atoms with Crippen LogP contribution < -0.4 is 15.8 Å². The highest BCUT2D eigenvalue weighted by molar-refractivity contribution is 7.90. The van der Waals surface area contributed by atoms with E-state index in [1.165, 1.54) is 0 Å². The molecule has 10 heteroatoms. The van der Waals surface area contributed by atoms with Crippen molar-refractivity contribution in [3.05, 3.63) is 0 Å². The van der Waals surface area contributed by atoms with Gasteiger partial charge in [-0.3, -0.25) is 0 Å². The average Bonchev–Trinajstić information content (AvgIpc) is 2.37. The number of ether oxygens (including phenoxy) is 1. The Morgan fingerprint density at radius 1 is 1.19 bits per heavy atom. The van der Waals surface area contributed by atoms with Gasteiger partial charge in [0.25, 0.3) is 0 Å². The van der Waals surface area contributed by atoms with Gasteiger partial charge in [0.05, 0.1) is 0 Å². The molecule has 0 rings (SSSR count). The zero-order chi connectivity index (χ0) is 20.9. The minimum absolute atomic E-state index is 0.0760. The fourth-order valence-corrected chi connectivity index (χ4v) is 2.81. The van der Waals surface area contributed by atoms with Gasteiger partial charge in [-0.05, 0) is 67.3 Å². The average molecular weight is 404 g/mol. The Balaban J connectivity index is 5.06. The highest BCUT2D eigenvalue weighted by atomic mass is 32.2. The van der Waals surface area contributed by atoms with E-state index in [9.17, 15) is 22.5 Å². The number of carbonyl (C=O) groups is 1. The molecule has 0 heterocycles. The van der Waals surface area contributed by atoms with Gasteiger partial charge >= 0.3 is 12.3 Å². The van der Waals surface area contributed by atoms with Crippen molar-refractivity contribution in [3.8, 4) is 0 Å². The number of halogens is 3. The molecule has 156 valence electrons. The third kappa shape index (κ3) is 9.84. The molecule has 0 radical (unpaired) electrons. The first-order valence-corrected chi connectivity index (χ1v) is 9.56. The van der Waals surface area contributed by atoms with Gasteiger partial charge in [-0.15, -0.1) is 4.72 Å². The topological polar surface area (TPSA) is 99.4 Å². The van der Waals surface area contributed by atoms with Crippen molar-refractivity contribution >= 4 is 17.5 Å². The molecule has 0 spiro atoms. The first kappa shape index (κ1) is 25.3. The normalized spacial score (nSPS) is 18.0. The van der Waals surface area contributed by atoms with E-state index in [0.29, 0.717) is 0 Å². The number of rotatable bonds is 7. The van der Waals surface area contributed by atoms with E-state index < -0.39 is 58.4 Å². The van der Waals surface area contributed by atoms with Crippen LogP contribution >= 0.6 is 0 Å². The zero-order valence-electron chi connectivity index (χ0n) is 16.5. The molecule has 0 aromatic rings. The van der Waals surface area contributed by atoms with Crippen LogP contribution in [0.5, 0.6) is 0 Å². The lowest BCUT2D eigenvalue weighted by molar-refractivity contribution is -0.155. The molecule has 6 nitrogen and oxygen atoms in total. The summed E-state index contributed by atoms with van der Waals surface area (Å²) < 4.78 is 58.6. The molecule has 1 amide bonds. The van der Waals surface area contributed by atoms with Crippen LogP contribution in [-0.2, 0) is 16.1 Å². The maximum atomic E-state index is 13.4. The predicted octanol–water partition coefficient (Wildman–Crippen LogP) is 2.85. The van der Waals surface area contributed by atoms with E-state index in [0.717, 1.165) is 0 Å². The quantitative estimate of drug-likeness (QED) is 0.568. The molecule has 0 fully saturated rings. The zero-order valence-corrected chi connectivity index (χ0v) is 17.3. The second kappa shape index (κ2) is 9.48. The molecule has 0 aromatic carbocycles. The fraction of sp³-hybridized carbons (Fsp3) is 0.938. The Labute approximate surface area is 157 Å². The van der Waals surface area contributed by atoms with Gasteiger partial charge in [0, 0.05) is 17.4 Å². The summed E-state index contributed by atoms with van der Waals surface area (Å²) in [5.74, 6) is -0.682. The second-order valence-electron chi connectivity index (χ2n) is 8.26. The molecule has 2 unspecified atom stereocenters. The molecule has 0 aromatic heterocycles. The molecule has 4 atom stereocenters. The fourth-order valence-electron chi connectivity index (χ4n) is 1.97. The third-order valence-corrected chi connectivity index (χ3v) is 5.10. The number of alkyl carbamates (subject to hydrolysis) is 1. The van der Waals surface area contributed by atoms with Crippen LogP contribution in [0.15, 0.2) is 0 Å². The molecular weight excluding hydrogens is 371 g/mol. The van der Waals surface area contributed by atoms with E-state index in [4.69, 9.17) is 10.5 Å². The first-order chi connectivity index (χ1) is 11.5. The molecule has 0 aliphatic heterocycles. The van der Waals surface area contributed by atoms with Gasteiger partial charge in [-0.2, -0.15) is 13.2 Å². The Kier molecular flexibility index (Phi) is 9.22. The Morgan fingerprint density at radius 3 is 2.04 bits per heavy atom. The number of carbonyl (C=O) groups excluding carboxylic acids is 1. The van der Waals surface area contributed by atoms with Crippen LogP contribution in [-0.4, -0.2) is 45.8 Å². The van der Waals surface area contributed by atoms with Crippen molar-refractivity contribution in [2.45, 2.75) is 83.5 Å². The number of amides is 1. The van der Waals surface area contributed by atoms with Gasteiger partial charge < -0.3 is 20.3 Å². The number of hydrogen-bond acceptors (Lipinski definition) is 5. The molecule has 0 bridgehead atoms. The number of nitrogens with two attached hydrogens (primary N) is 1. The maximum Gasteiger partial charge on any atom is 0.408 e. The Bertz CT molecular complexity index is 451. The van der Waals surface area contributed by atoms with Crippen LogP contribution in [0.2, 0.25) is 0 Å². The van der Waals surface area contributed by atoms with Gasteiger partial charge in [-0.1, -0.05) is 0 Å². The summed E-state index contributed by atoms with van der Waals surface area (Å²) in [5, 5.41) is 2.52. The maximum absolute atomic E-state index is 13.4. The summed E-state index contributed by atoms with van der Waals surface area (Å²) in [4.78, 5) is 11.8. The minimum atomic E-state index is -4.60. The van der Waals surface area contributed by atoms with Gasteiger partial charge in [0.2, 0.25) is 0 Å². The van der Waals surface area contributed by atoms with Gasteiger partial charge in [0.1, 0.15) is 16.4 Å². The third-order valence-electron chi connectivity index (χ3n) is 3.49. The van der Waals surface area contributed by atoms with Gasteiger partial charge in [-0.25, -0.2) is 4.79 Å². The number of alkyl halides is 3. The van der Waals surface area contributed by atoms with Crippen molar-refractivity contribution in [1.82, 2.24) is 10.0 Å². The van der Waals surface area contributed by atoms with Crippen LogP contribution in [0, 0.1) is 5.92 Å². The summed E-state index contributed by atoms with van der Waals surface area (Å²) in [6.07, 6.45) is -5.74. The summed E-state index contributed by atoms with van der Waals surface area (Å²) in [5.41, 5.74) is 4.90. The van der Waals surface area contributed by atoms with Crippen LogP contribution in [0.3, 0.4) is 0 Å². The summed E-state index contributed by atoms with van der Waals surface area (Å²) in [6, 6.07) is -2.65. The summed E-state index contributed by atoms with van der Waals surface area (Å²) in [6.45, 7) is 11.3. The van der Waals surface area contributed by atoms with Crippen molar-refractivity contribution in [1.29, 1.82) is 0 Å². The van der Waals surface area contributed by atoms with E-state index in [1.54, 1.807) is 48.5 Å². The molecule has 26 heavy (non-hydrogen) atoms. The highest BCUT2D eigenvalue weighted by Gasteiger charge is 2.46. The van der Waals surface area contributed by atoms with Crippen LogP contribution in [0.25, 0.3) is 0 Å². The van der Waals surface area contributed by atoms with E-state index in [1.807, 2.05) is 0 Å². The monoisotopic (exact) mass is 403 g/mol. The summed E-state index contributed by atoms with van der Waals surface area (Å²) in [7, 11) is 0. The van der Waals surface area contributed by atoms with E-state index >= 15 is 0 Å².